The van der Waals surface area contributed by atoms with E-state index in [4.69, 9.17) is 0 Å². The van der Waals surface area contributed by atoms with Crippen LogP contribution in [0.2, 0.25) is 0 Å². The SMILES string of the molecule is O=C(N1CCCCC1)N1CCCC2(CCCNC2)C1. The van der Waals surface area contributed by atoms with Gasteiger partial charge in [0.25, 0.3) is 0 Å². The predicted octanol–water partition coefficient (Wildman–Crippen LogP) is 2.06. The van der Waals surface area contributed by atoms with Crippen LogP contribution in [0, 0.1) is 5.41 Å². The highest BCUT2D eigenvalue weighted by molar-refractivity contribution is 5.74. The van der Waals surface area contributed by atoms with Crippen molar-refractivity contribution in [3.8, 4) is 0 Å². The van der Waals surface area contributed by atoms with Gasteiger partial charge in [0, 0.05) is 38.1 Å². The fourth-order valence-electron chi connectivity index (χ4n) is 4.04. The highest BCUT2D eigenvalue weighted by Crippen LogP contribution is 2.36. The Morgan fingerprint density at radius 3 is 2.37 bits per heavy atom. The number of amides is 2. The van der Waals surface area contributed by atoms with Crippen LogP contribution in [-0.4, -0.2) is 55.1 Å². The zero-order valence-electron chi connectivity index (χ0n) is 12.0. The van der Waals surface area contributed by atoms with Crippen LogP contribution in [0.4, 0.5) is 4.79 Å². The summed E-state index contributed by atoms with van der Waals surface area (Å²) in [7, 11) is 0. The van der Waals surface area contributed by atoms with E-state index in [2.05, 4.69) is 15.1 Å². The number of likely N-dealkylation sites (tertiary alicyclic amines) is 2. The summed E-state index contributed by atoms with van der Waals surface area (Å²) in [5, 5.41) is 3.53. The van der Waals surface area contributed by atoms with Crippen molar-refractivity contribution in [1.29, 1.82) is 0 Å². The fraction of sp³-hybridized carbons (Fsp3) is 0.933. The summed E-state index contributed by atoms with van der Waals surface area (Å²) in [4.78, 5) is 16.8. The highest BCUT2D eigenvalue weighted by Gasteiger charge is 2.39. The molecule has 3 saturated heterocycles. The Morgan fingerprint density at radius 2 is 1.63 bits per heavy atom. The lowest BCUT2D eigenvalue weighted by Gasteiger charge is -2.46. The maximum Gasteiger partial charge on any atom is 0.320 e. The minimum Gasteiger partial charge on any atom is -0.325 e. The molecule has 0 aromatic rings. The summed E-state index contributed by atoms with van der Waals surface area (Å²) in [6.45, 7) is 6.16. The van der Waals surface area contributed by atoms with Crippen LogP contribution in [0.3, 0.4) is 0 Å². The van der Waals surface area contributed by atoms with Crippen LogP contribution >= 0.6 is 0 Å². The Labute approximate surface area is 116 Å². The first-order valence-electron chi connectivity index (χ1n) is 8.04. The van der Waals surface area contributed by atoms with Crippen LogP contribution in [0.15, 0.2) is 0 Å². The summed E-state index contributed by atoms with van der Waals surface area (Å²) in [6.07, 6.45) is 8.71. The van der Waals surface area contributed by atoms with E-state index in [0.717, 1.165) is 39.3 Å². The van der Waals surface area contributed by atoms with Crippen molar-refractivity contribution in [2.75, 3.05) is 39.3 Å². The maximum absolute atomic E-state index is 12.6. The lowest BCUT2D eigenvalue weighted by atomic mass is 9.74. The second-order valence-corrected chi connectivity index (χ2v) is 6.64. The van der Waals surface area contributed by atoms with Crippen molar-refractivity contribution in [3.05, 3.63) is 0 Å². The van der Waals surface area contributed by atoms with E-state index in [9.17, 15) is 4.79 Å². The molecule has 19 heavy (non-hydrogen) atoms. The van der Waals surface area contributed by atoms with Gasteiger partial charge >= 0.3 is 6.03 Å². The van der Waals surface area contributed by atoms with E-state index in [1.807, 2.05) is 0 Å². The molecular weight excluding hydrogens is 238 g/mol. The van der Waals surface area contributed by atoms with Gasteiger partial charge in [-0.2, -0.15) is 0 Å². The molecule has 2 amide bonds. The van der Waals surface area contributed by atoms with Gasteiger partial charge in [0.05, 0.1) is 0 Å². The first-order valence-corrected chi connectivity index (χ1v) is 8.04. The Hall–Kier alpha value is -0.770. The third kappa shape index (κ3) is 2.88. The molecule has 3 aliphatic heterocycles. The Balaban J connectivity index is 1.62. The summed E-state index contributed by atoms with van der Waals surface area (Å²) < 4.78 is 0. The number of hydrogen-bond donors (Lipinski definition) is 1. The molecule has 0 aromatic carbocycles. The third-order valence-electron chi connectivity index (χ3n) is 5.12. The molecule has 0 saturated carbocycles. The molecule has 3 heterocycles. The van der Waals surface area contributed by atoms with Gasteiger partial charge in [-0.1, -0.05) is 0 Å². The van der Waals surface area contributed by atoms with Crippen molar-refractivity contribution in [2.24, 2.45) is 5.41 Å². The van der Waals surface area contributed by atoms with E-state index in [1.165, 1.54) is 44.9 Å². The molecule has 0 aromatic heterocycles. The summed E-state index contributed by atoms with van der Waals surface area (Å²) in [5.41, 5.74) is 0.377. The maximum atomic E-state index is 12.6. The Morgan fingerprint density at radius 1 is 0.895 bits per heavy atom. The molecule has 3 aliphatic rings. The standard InChI is InChI=1S/C15H27N3O/c19-14(17-9-2-1-3-10-17)18-11-5-7-15(13-18)6-4-8-16-12-15/h16H,1-13H2. The van der Waals surface area contributed by atoms with Gasteiger partial charge in [-0.15, -0.1) is 0 Å². The smallest absolute Gasteiger partial charge is 0.320 e. The molecule has 3 fully saturated rings. The number of urea groups is 1. The molecule has 0 bridgehead atoms. The van der Waals surface area contributed by atoms with Gasteiger partial charge in [-0.05, 0) is 51.5 Å². The fourth-order valence-corrected chi connectivity index (χ4v) is 4.04. The van der Waals surface area contributed by atoms with E-state index >= 15 is 0 Å². The van der Waals surface area contributed by atoms with E-state index in [1.54, 1.807) is 0 Å². The van der Waals surface area contributed by atoms with E-state index in [-0.39, 0.29) is 0 Å². The molecule has 4 nitrogen and oxygen atoms in total. The molecule has 3 rings (SSSR count). The van der Waals surface area contributed by atoms with Crippen molar-refractivity contribution in [1.82, 2.24) is 15.1 Å². The average molecular weight is 265 g/mol. The van der Waals surface area contributed by atoms with Crippen molar-refractivity contribution in [3.63, 3.8) is 0 Å². The molecule has 108 valence electrons. The predicted molar refractivity (Wildman–Crippen MR) is 76.2 cm³/mol. The minimum atomic E-state index is 0.310. The van der Waals surface area contributed by atoms with Crippen molar-refractivity contribution >= 4 is 6.03 Å². The highest BCUT2D eigenvalue weighted by atomic mass is 16.2. The molecule has 4 heteroatoms. The van der Waals surface area contributed by atoms with Gasteiger partial charge in [-0.3, -0.25) is 0 Å². The third-order valence-corrected chi connectivity index (χ3v) is 5.12. The quantitative estimate of drug-likeness (QED) is 0.727. The number of hydrogen-bond acceptors (Lipinski definition) is 2. The van der Waals surface area contributed by atoms with Gasteiger partial charge in [0.15, 0.2) is 0 Å². The molecule has 1 N–H and O–H groups in total. The Kier molecular flexibility index (Phi) is 3.96. The zero-order chi connectivity index (χ0) is 13.1. The first-order chi connectivity index (χ1) is 9.29. The monoisotopic (exact) mass is 265 g/mol. The van der Waals surface area contributed by atoms with Crippen LogP contribution < -0.4 is 5.32 Å². The largest absolute Gasteiger partial charge is 0.325 e. The van der Waals surface area contributed by atoms with Gasteiger partial charge < -0.3 is 15.1 Å². The van der Waals surface area contributed by atoms with Crippen LogP contribution in [0.1, 0.15) is 44.9 Å². The number of carbonyl (C=O) groups is 1. The van der Waals surface area contributed by atoms with Gasteiger partial charge in [0.1, 0.15) is 0 Å². The lowest BCUT2D eigenvalue weighted by Crippen LogP contribution is -2.55. The second kappa shape index (κ2) is 5.70. The summed E-state index contributed by atoms with van der Waals surface area (Å²) in [5.74, 6) is 0. The topological polar surface area (TPSA) is 35.6 Å². The lowest BCUT2D eigenvalue weighted by molar-refractivity contribution is 0.0639. The normalized spacial score (nSPS) is 32.6. The molecule has 1 unspecified atom stereocenters. The number of rotatable bonds is 0. The number of nitrogens with one attached hydrogen (secondary N) is 1. The average Bonchev–Trinajstić information content (AvgIpc) is 2.48. The van der Waals surface area contributed by atoms with Crippen LogP contribution in [0.25, 0.3) is 0 Å². The van der Waals surface area contributed by atoms with Crippen LogP contribution in [-0.2, 0) is 0 Å². The molecule has 1 atom stereocenters. The summed E-state index contributed by atoms with van der Waals surface area (Å²) in [6, 6.07) is 0.310. The van der Waals surface area contributed by atoms with Crippen LogP contribution in [0.5, 0.6) is 0 Å². The minimum absolute atomic E-state index is 0.310. The molecule has 0 aliphatic carbocycles. The number of carbonyl (C=O) groups excluding carboxylic acids is 1. The molecule has 1 spiro atoms. The first kappa shape index (κ1) is 13.2. The number of piperidine rings is 3. The molecule has 0 radical (unpaired) electrons. The van der Waals surface area contributed by atoms with Crippen molar-refractivity contribution < 1.29 is 4.79 Å². The second-order valence-electron chi connectivity index (χ2n) is 6.64. The van der Waals surface area contributed by atoms with E-state index < -0.39 is 0 Å². The molecular formula is C15H27N3O. The number of nitrogens with zero attached hydrogens (tertiary/aromatic N) is 2. The Bertz CT molecular complexity index is 314. The zero-order valence-corrected chi connectivity index (χ0v) is 12.0. The van der Waals surface area contributed by atoms with Crippen molar-refractivity contribution in [2.45, 2.75) is 44.9 Å². The van der Waals surface area contributed by atoms with Gasteiger partial charge in [0.2, 0.25) is 0 Å². The van der Waals surface area contributed by atoms with E-state index in [0.29, 0.717) is 11.4 Å². The summed E-state index contributed by atoms with van der Waals surface area (Å²) >= 11 is 0. The van der Waals surface area contributed by atoms with Gasteiger partial charge in [-0.25, -0.2) is 4.79 Å².